The van der Waals surface area contributed by atoms with Crippen LogP contribution in [0.1, 0.15) is 6.42 Å². The summed E-state index contributed by atoms with van der Waals surface area (Å²) in [6, 6.07) is 3.09. The minimum absolute atomic E-state index is 0.0614. The SMILES string of the molecule is Cn1cc(NC(=O)CC2COCCN2)ccc1=O. The third kappa shape index (κ3) is 3.41. The van der Waals surface area contributed by atoms with Crippen molar-refractivity contribution in [1.29, 1.82) is 0 Å². The molecule has 1 fully saturated rings. The Hall–Kier alpha value is -1.66. The Labute approximate surface area is 105 Å². The number of aromatic nitrogens is 1. The number of hydrogen-bond donors (Lipinski definition) is 2. The largest absolute Gasteiger partial charge is 0.378 e. The van der Waals surface area contributed by atoms with E-state index in [4.69, 9.17) is 4.74 Å². The van der Waals surface area contributed by atoms with Crippen molar-refractivity contribution in [1.82, 2.24) is 9.88 Å². The second kappa shape index (κ2) is 5.79. The number of morpholine rings is 1. The molecule has 0 aliphatic carbocycles. The van der Waals surface area contributed by atoms with Crippen molar-refractivity contribution < 1.29 is 9.53 Å². The molecule has 1 saturated heterocycles. The Morgan fingerprint density at radius 1 is 1.61 bits per heavy atom. The predicted octanol–water partition coefficient (Wildman–Crippen LogP) is -0.298. The summed E-state index contributed by atoms with van der Waals surface area (Å²) in [4.78, 5) is 23.0. The van der Waals surface area contributed by atoms with Crippen LogP contribution in [0.25, 0.3) is 0 Å². The van der Waals surface area contributed by atoms with Gasteiger partial charge in [0, 0.05) is 38.3 Å². The molecule has 6 heteroatoms. The van der Waals surface area contributed by atoms with Gasteiger partial charge in [-0.05, 0) is 6.07 Å². The van der Waals surface area contributed by atoms with Gasteiger partial charge in [0.05, 0.1) is 18.9 Å². The summed E-state index contributed by atoms with van der Waals surface area (Å²) in [5.41, 5.74) is 0.522. The molecule has 0 radical (unpaired) electrons. The van der Waals surface area contributed by atoms with E-state index in [0.717, 1.165) is 6.54 Å². The van der Waals surface area contributed by atoms with Crippen molar-refractivity contribution in [2.24, 2.45) is 7.05 Å². The van der Waals surface area contributed by atoms with Gasteiger partial charge < -0.3 is 19.9 Å². The molecule has 1 amide bonds. The lowest BCUT2D eigenvalue weighted by Crippen LogP contribution is -2.43. The number of anilines is 1. The van der Waals surface area contributed by atoms with Gasteiger partial charge >= 0.3 is 0 Å². The van der Waals surface area contributed by atoms with Gasteiger partial charge in [-0.2, -0.15) is 0 Å². The van der Waals surface area contributed by atoms with Gasteiger partial charge in [-0.3, -0.25) is 9.59 Å². The standard InChI is InChI=1S/C12H17N3O3/c1-15-7-9(2-3-12(15)17)14-11(16)6-10-8-18-5-4-13-10/h2-3,7,10,13H,4-6,8H2,1H3,(H,14,16). The van der Waals surface area contributed by atoms with Crippen LogP contribution in [0.4, 0.5) is 5.69 Å². The zero-order chi connectivity index (χ0) is 13.0. The van der Waals surface area contributed by atoms with Gasteiger partial charge in [0.1, 0.15) is 0 Å². The van der Waals surface area contributed by atoms with Crippen LogP contribution in [0.3, 0.4) is 0 Å². The zero-order valence-corrected chi connectivity index (χ0v) is 10.3. The number of carbonyl (C=O) groups is 1. The van der Waals surface area contributed by atoms with E-state index in [1.54, 1.807) is 19.3 Å². The maximum Gasteiger partial charge on any atom is 0.250 e. The van der Waals surface area contributed by atoms with Crippen LogP contribution in [0, 0.1) is 0 Å². The van der Waals surface area contributed by atoms with Crippen LogP contribution in [0.2, 0.25) is 0 Å². The van der Waals surface area contributed by atoms with E-state index in [2.05, 4.69) is 10.6 Å². The number of amides is 1. The fourth-order valence-electron chi connectivity index (χ4n) is 1.85. The van der Waals surface area contributed by atoms with Crippen molar-refractivity contribution >= 4 is 11.6 Å². The second-order valence-corrected chi connectivity index (χ2v) is 4.35. The topological polar surface area (TPSA) is 72.4 Å². The normalized spacial score (nSPS) is 19.5. The van der Waals surface area contributed by atoms with Gasteiger partial charge in [-0.15, -0.1) is 0 Å². The van der Waals surface area contributed by atoms with Crippen LogP contribution in [0.15, 0.2) is 23.1 Å². The Bertz CT molecular complexity index is 478. The van der Waals surface area contributed by atoms with E-state index in [0.29, 0.717) is 25.3 Å². The molecule has 98 valence electrons. The lowest BCUT2D eigenvalue weighted by molar-refractivity contribution is -0.117. The van der Waals surface area contributed by atoms with E-state index >= 15 is 0 Å². The molecular formula is C12H17N3O3. The molecule has 0 saturated carbocycles. The van der Waals surface area contributed by atoms with E-state index in [9.17, 15) is 9.59 Å². The van der Waals surface area contributed by atoms with E-state index in [1.807, 2.05) is 0 Å². The maximum atomic E-state index is 11.8. The number of hydrogen-bond acceptors (Lipinski definition) is 4. The van der Waals surface area contributed by atoms with Crippen LogP contribution in [0.5, 0.6) is 0 Å². The average molecular weight is 251 g/mol. The van der Waals surface area contributed by atoms with Crippen molar-refractivity contribution in [3.8, 4) is 0 Å². The molecule has 6 nitrogen and oxygen atoms in total. The number of carbonyl (C=O) groups excluding carboxylic acids is 1. The molecule has 0 bridgehead atoms. The molecule has 2 heterocycles. The highest BCUT2D eigenvalue weighted by Crippen LogP contribution is 2.05. The fourth-order valence-corrected chi connectivity index (χ4v) is 1.85. The summed E-state index contributed by atoms with van der Waals surface area (Å²) in [7, 11) is 1.65. The Kier molecular flexibility index (Phi) is 4.11. The molecule has 2 N–H and O–H groups in total. The number of nitrogens with one attached hydrogen (secondary N) is 2. The first-order valence-electron chi connectivity index (χ1n) is 5.93. The van der Waals surface area contributed by atoms with Crippen LogP contribution >= 0.6 is 0 Å². The van der Waals surface area contributed by atoms with Crippen LogP contribution < -0.4 is 16.2 Å². The smallest absolute Gasteiger partial charge is 0.250 e. The van der Waals surface area contributed by atoms with Crippen LogP contribution in [-0.2, 0) is 16.6 Å². The highest BCUT2D eigenvalue weighted by molar-refractivity contribution is 5.90. The summed E-state index contributed by atoms with van der Waals surface area (Å²) < 4.78 is 6.71. The van der Waals surface area contributed by atoms with Crippen molar-refractivity contribution in [2.45, 2.75) is 12.5 Å². The number of aryl methyl sites for hydroxylation is 1. The average Bonchev–Trinajstić information content (AvgIpc) is 2.35. The quantitative estimate of drug-likeness (QED) is 0.774. The highest BCUT2D eigenvalue weighted by Gasteiger charge is 2.16. The third-order valence-electron chi connectivity index (χ3n) is 2.80. The first-order chi connectivity index (χ1) is 8.65. The maximum absolute atomic E-state index is 11.8. The highest BCUT2D eigenvalue weighted by atomic mass is 16.5. The Morgan fingerprint density at radius 3 is 3.11 bits per heavy atom. The van der Waals surface area contributed by atoms with Crippen LogP contribution in [-0.4, -0.2) is 36.3 Å². The van der Waals surface area contributed by atoms with E-state index in [1.165, 1.54) is 10.6 Å². The molecule has 1 aliphatic rings. The summed E-state index contributed by atoms with van der Waals surface area (Å²) in [5, 5.41) is 5.98. The monoisotopic (exact) mass is 251 g/mol. The van der Waals surface area contributed by atoms with Crippen molar-refractivity contribution in [3.05, 3.63) is 28.7 Å². The molecule has 1 atom stereocenters. The molecule has 18 heavy (non-hydrogen) atoms. The first kappa shape index (κ1) is 12.8. The van der Waals surface area contributed by atoms with Crippen molar-refractivity contribution in [2.75, 3.05) is 25.1 Å². The second-order valence-electron chi connectivity index (χ2n) is 4.35. The molecule has 1 aromatic rings. The zero-order valence-electron chi connectivity index (χ0n) is 10.3. The number of pyridine rings is 1. The molecular weight excluding hydrogens is 234 g/mol. The number of nitrogens with zero attached hydrogens (tertiary/aromatic N) is 1. The molecule has 0 aromatic carbocycles. The molecule has 1 unspecified atom stereocenters. The summed E-state index contributed by atoms with van der Waals surface area (Å²) in [6.45, 7) is 2.03. The van der Waals surface area contributed by atoms with E-state index in [-0.39, 0.29) is 17.5 Å². The predicted molar refractivity (Wildman–Crippen MR) is 67.5 cm³/mol. The molecule has 1 aliphatic heterocycles. The van der Waals surface area contributed by atoms with Gasteiger partial charge in [0.15, 0.2) is 0 Å². The molecule has 1 aromatic heterocycles. The minimum Gasteiger partial charge on any atom is -0.378 e. The summed E-state index contributed by atoms with van der Waals surface area (Å²) in [6.07, 6.45) is 1.97. The van der Waals surface area contributed by atoms with E-state index < -0.39 is 0 Å². The Balaban J connectivity index is 1.90. The van der Waals surface area contributed by atoms with Crippen molar-refractivity contribution in [3.63, 3.8) is 0 Å². The molecule has 0 spiro atoms. The van der Waals surface area contributed by atoms with Gasteiger partial charge in [-0.25, -0.2) is 0 Å². The molecule has 2 rings (SSSR count). The first-order valence-corrected chi connectivity index (χ1v) is 5.93. The third-order valence-corrected chi connectivity index (χ3v) is 2.80. The van der Waals surface area contributed by atoms with Gasteiger partial charge in [-0.1, -0.05) is 0 Å². The summed E-state index contributed by atoms with van der Waals surface area (Å²) >= 11 is 0. The minimum atomic E-state index is -0.102. The van der Waals surface area contributed by atoms with Gasteiger partial charge in [0.2, 0.25) is 11.5 Å². The Morgan fingerprint density at radius 2 is 2.44 bits per heavy atom. The summed E-state index contributed by atoms with van der Waals surface area (Å²) in [5.74, 6) is -0.0864. The number of ether oxygens (including phenoxy) is 1. The van der Waals surface area contributed by atoms with Gasteiger partial charge in [0.25, 0.3) is 0 Å². The lowest BCUT2D eigenvalue weighted by Gasteiger charge is -2.23. The lowest BCUT2D eigenvalue weighted by atomic mass is 10.2. The number of rotatable bonds is 3. The fraction of sp³-hybridized carbons (Fsp3) is 0.500.